The fraction of sp³-hybridized carbons (Fsp3) is 0.214. The van der Waals surface area contributed by atoms with Crippen LogP contribution in [-0.4, -0.2) is 18.2 Å². The number of Topliss-reactive ketones (excluding diaryl/α,β-unsaturated/α-hetero) is 1. The van der Waals surface area contributed by atoms with E-state index in [1.807, 2.05) is 6.07 Å². The number of nitrogens with zero attached hydrogens (tertiary/aromatic N) is 1. The summed E-state index contributed by atoms with van der Waals surface area (Å²) in [5.41, 5.74) is 1.01. The minimum absolute atomic E-state index is 0.154. The summed E-state index contributed by atoms with van der Waals surface area (Å²) in [6, 6.07) is 8.67. The van der Waals surface area contributed by atoms with E-state index in [0.29, 0.717) is 11.1 Å². The molecule has 0 heterocycles. The highest BCUT2D eigenvalue weighted by Crippen LogP contribution is 2.09. The van der Waals surface area contributed by atoms with Crippen molar-refractivity contribution in [3.8, 4) is 17.9 Å². The molecule has 18 heavy (non-hydrogen) atoms. The summed E-state index contributed by atoms with van der Waals surface area (Å²) in [6.45, 7) is 1.64. The Bertz CT molecular complexity index is 559. The van der Waals surface area contributed by atoms with Crippen LogP contribution in [0.4, 0.5) is 0 Å². The number of rotatable bonds is 3. The van der Waals surface area contributed by atoms with E-state index in [9.17, 15) is 9.59 Å². The van der Waals surface area contributed by atoms with Crippen LogP contribution in [0.3, 0.4) is 0 Å². The fourth-order valence-electron chi connectivity index (χ4n) is 1.31. The van der Waals surface area contributed by atoms with Crippen molar-refractivity contribution in [2.75, 3.05) is 6.54 Å². The summed E-state index contributed by atoms with van der Waals surface area (Å²) in [5.74, 6) is 5.16. The Hall–Kier alpha value is -2.59. The van der Waals surface area contributed by atoms with Crippen LogP contribution in [0.1, 0.15) is 29.3 Å². The lowest BCUT2D eigenvalue weighted by Gasteiger charge is -2.00. The molecular weight excluding hydrogens is 228 g/mol. The van der Waals surface area contributed by atoms with E-state index in [2.05, 4.69) is 17.2 Å². The molecule has 1 amide bonds. The van der Waals surface area contributed by atoms with E-state index in [4.69, 9.17) is 5.26 Å². The van der Waals surface area contributed by atoms with Crippen LogP contribution in [0, 0.1) is 23.2 Å². The number of ketones is 1. The first-order chi connectivity index (χ1) is 8.65. The first kappa shape index (κ1) is 13.5. The maximum Gasteiger partial charge on any atom is 0.217 e. The Morgan fingerprint density at radius 3 is 2.72 bits per heavy atom. The van der Waals surface area contributed by atoms with Crippen LogP contribution >= 0.6 is 0 Å². The lowest BCUT2D eigenvalue weighted by atomic mass is 10.0. The first-order valence-electron chi connectivity index (χ1n) is 5.37. The van der Waals surface area contributed by atoms with Gasteiger partial charge in [0.25, 0.3) is 0 Å². The molecule has 0 saturated carbocycles. The van der Waals surface area contributed by atoms with Crippen molar-refractivity contribution in [1.29, 1.82) is 5.26 Å². The maximum atomic E-state index is 11.6. The number of amides is 1. The zero-order chi connectivity index (χ0) is 13.4. The molecule has 0 unspecified atom stereocenters. The molecule has 0 aliphatic rings. The second kappa shape index (κ2) is 6.88. The largest absolute Gasteiger partial charge is 0.345 e. The number of carbonyl (C=O) groups is 2. The Labute approximate surface area is 106 Å². The predicted octanol–water partition coefficient (Wildman–Crippen LogP) is 1.27. The number of benzene rings is 1. The highest BCUT2D eigenvalue weighted by atomic mass is 16.1. The zero-order valence-corrected chi connectivity index (χ0v) is 9.99. The number of hydrogen-bond acceptors (Lipinski definition) is 3. The van der Waals surface area contributed by atoms with Gasteiger partial charge in [-0.1, -0.05) is 30.0 Å². The van der Waals surface area contributed by atoms with Crippen LogP contribution in [0.2, 0.25) is 0 Å². The Balaban J connectivity index is 2.86. The van der Waals surface area contributed by atoms with Gasteiger partial charge in [0.2, 0.25) is 5.91 Å². The van der Waals surface area contributed by atoms with Gasteiger partial charge in [0, 0.05) is 18.1 Å². The predicted molar refractivity (Wildman–Crippen MR) is 66.6 cm³/mol. The molecule has 0 saturated heterocycles. The van der Waals surface area contributed by atoms with Gasteiger partial charge in [0.15, 0.2) is 5.78 Å². The molecule has 0 spiro atoms. The van der Waals surface area contributed by atoms with Gasteiger partial charge < -0.3 is 5.32 Å². The van der Waals surface area contributed by atoms with Gasteiger partial charge >= 0.3 is 0 Å². The molecule has 0 aromatic heterocycles. The number of hydrogen-bond donors (Lipinski definition) is 1. The second-order valence-corrected chi connectivity index (χ2v) is 3.52. The zero-order valence-electron chi connectivity index (χ0n) is 9.99. The third-order valence-electron chi connectivity index (χ3n) is 2.12. The third-order valence-corrected chi connectivity index (χ3v) is 2.12. The summed E-state index contributed by atoms with van der Waals surface area (Å²) in [5, 5.41) is 11.0. The van der Waals surface area contributed by atoms with Crippen molar-refractivity contribution < 1.29 is 9.59 Å². The number of carbonyl (C=O) groups excluding carboxylic acids is 2. The maximum absolute atomic E-state index is 11.6. The van der Waals surface area contributed by atoms with Crippen LogP contribution in [0.5, 0.6) is 0 Å². The molecule has 0 radical (unpaired) electrons. The van der Waals surface area contributed by atoms with E-state index < -0.39 is 0 Å². The minimum atomic E-state index is -0.248. The smallest absolute Gasteiger partial charge is 0.217 e. The SMILES string of the molecule is CC(=O)NCC#Cc1ccccc1C(=O)CC#N. The van der Waals surface area contributed by atoms with Gasteiger partial charge in [-0.2, -0.15) is 5.26 Å². The molecular formula is C14H12N2O2. The molecule has 1 rings (SSSR count). The fourth-order valence-corrected chi connectivity index (χ4v) is 1.31. The summed E-state index contributed by atoms with van der Waals surface area (Å²) < 4.78 is 0. The van der Waals surface area contributed by atoms with Crippen LogP contribution in [0.25, 0.3) is 0 Å². The van der Waals surface area contributed by atoms with Crippen molar-refractivity contribution >= 4 is 11.7 Å². The molecule has 0 aliphatic carbocycles. The normalized spacial score (nSPS) is 8.67. The average Bonchev–Trinajstić information content (AvgIpc) is 2.35. The van der Waals surface area contributed by atoms with E-state index in [-0.39, 0.29) is 24.7 Å². The molecule has 1 aromatic rings. The van der Waals surface area contributed by atoms with Crippen molar-refractivity contribution in [1.82, 2.24) is 5.32 Å². The van der Waals surface area contributed by atoms with E-state index in [0.717, 1.165) is 0 Å². The van der Waals surface area contributed by atoms with Crippen LogP contribution in [-0.2, 0) is 4.79 Å². The lowest BCUT2D eigenvalue weighted by Crippen LogP contribution is -2.19. The highest BCUT2D eigenvalue weighted by Gasteiger charge is 2.08. The lowest BCUT2D eigenvalue weighted by molar-refractivity contribution is -0.118. The summed E-state index contributed by atoms with van der Waals surface area (Å²) >= 11 is 0. The number of nitrogens with one attached hydrogen (secondary N) is 1. The monoisotopic (exact) mass is 240 g/mol. The quantitative estimate of drug-likeness (QED) is 0.639. The van der Waals surface area contributed by atoms with Gasteiger partial charge in [0.1, 0.15) is 0 Å². The average molecular weight is 240 g/mol. The molecule has 90 valence electrons. The Morgan fingerprint density at radius 2 is 2.06 bits per heavy atom. The molecule has 4 heteroatoms. The minimum Gasteiger partial charge on any atom is -0.345 e. The molecule has 0 fully saturated rings. The van der Waals surface area contributed by atoms with Gasteiger partial charge in [0.05, 0.1) is 19.0 Å². The molecule has 4 nitrogen and oxygen atoms in total. The van der Waals surface area contributed by atoms with Crippen LogP contribution < -0.4 is 5.32 Å². The van der Waals surface area contributed by atoms with E-state index in [1.165, 1.54) is 6.92 Å². The van der Waals surface area contributed by atoms with E-state index >= 15 is 0 Å². The van der Waals surface area contributed by atoms with Gasteiger partial charge in [-0.25, -0.2) is 0 Å². The Morgan fingerprint density at radius 1 is 1.33 bits per heavy atom. The number of nitriles is 1. The third kappa shape index (κ3) is 4.11. The molecule has 0 atom stereocenters. The molecule has 0 aliphatic heterocycles. The summed E-state index contributed by atoms with van der Waals surface area (Å²) in [4.78, 5) is 22.3. The topological polar surface area (TPSA) is 70.0 Å². The second-order valence-electron chi connectivity index (χ2n) is 3.52. The Kier molecular flexibility index (Phi) is 5.15. The summed E-state index contributed by atoms with van der Waals surface area (Å²) in [7, 11) is 0. The highest BCUT2D eigenvalue weighted by molar-refractivity contribution is 5.99. The van der Waals surface area contributed by atoms with Crippen molar-refractivity contribution in [2.45, 2.75) is 13.3 Å². The molecule has 0 bridgehead atoms. The van der Waals surface area contributed by atoms with Crippen LogP contribution in [0.15, 0.2) is 24.3 Å². The van der Waals surface area contributed by atoms with Gasteiger partial charge in [-0.05, 0) is 6.07 Å². The standard InChI is InChI=1S/C14H12N2O2/c1-11(17)16-10-4-6-12-5-2-3-7-13(12)14(18)8-9-15/h2-3,5,7H,8,10H2,1H3,(H,16,17). The van der Waals surface area contributed by atoms with Crippen molar-refractivity contribution in [3.05, 3.63) is 35.4 Å². The first-order valence-corrected chi connectivity index (χ1v) is 5.37. The van der Waals surface area contributed by atoms with Crippen molar-refractivity contribution in [2.24, 2.45) is 0 Å². The molecule has 1 N–H and O–H groups in total. The van der Waals surface area contributed by atoms with E-state index in [1.54, 1.807) is 24.3 Å². The van der Waals surface area contributed by atoms with Crippen molar-refractivity contribution in [3.63, 3.8) is 0 Å². The molecule has 1 aromatic carbocycles. The van der Waals surface area contributed by atoms with Gasteiger partial charge in [-0.15, -0.1) is 0 Å². The summed E-state index contributed by atoms with van der Waals surface area (Å²) in [6.07, 6.45) is -0.162. The van der Waals surface area contributed by atoms with Gasteiger partial charge in [-0.3, -0.25) is 9.59 Å².